The molecule has 1 heteroatoms. The van der Waals surface area contributed by atoms with E-state index in [1.54, 1.807) is 0 Å². The average molecular weight is 208 g/mol. The molecule has 0 aliphatic carbocycles. The van der Waals surface area contributed by atoms with Crippen molar-refractivity contribution in [2.45, 2.75) is 67.6 Å². The highest BCUT2D eigenvalue weighted by molar-refractivity contribution is 6.12. The largest absolute Gasteiger partial charge is 0.0716 e. The molecule has 0 saturated carbocycles. The Kier molecular flexibility index (Phi) is 4.95. The maximum atomic E-state index is 6.38. The first-order valence-electron chi connectivity index (χ1n) is 6.27. The Labute approximate surface area is 98.6 Å². The van der Waals surface area contributed by atoms with E-state index in [4.69, 9.17) is 7.85 Å². The normalized spacial score (nSPS) is 16.1. The smallest absolute Gasteiger partial charge is 0.0707 e. The highest BCUT2D eigenvalue weighted by Gasteiger charge is 2.34. The third-order valence-corrected chi connectivity index (χ3v) is 4.75. The molecule has 0 bridgehead atoms. The monoisotopic (exact) mass is 208 g/mol. The minimum Gasteiger partial charge on any atom is -0.0716 e. The van der Waals surface area contributed by atoms with Gasteiger partial charge in [-0.05, 0) is 22.7 Å². The van der Waals surface area contributed by atoms with Gasteiger partial charge in [-0.25, -0.2) is 0 Å². The van der Waals surface area contributed by atoms with Gasteiger partial charge in [0.15, 0.2) is 0 Å². The molecule has 0 aromatic carbocycles. The Morgan fingerprint density at radius 3 is 1.53 bits per heavy atom. The SMILES string of the molecule is [B]C(CC(C)(C)C(C)C)C(C)(C)C(C)C. The van der Waals surface area contributed by atoms with E-state index in [9.17, 15) is 0 Å². The zero-order valence-electron chi connectivity index (χ0n) is 12.0. The molecule has 2 radical (unpaired) electrons. The van der Waals surface area contributed by atoms with Crippen molar-refractivity contribution in [1.29, 1.82) is 0 Å². The first-order chi connectivity index (χ1) is 6.51. The van der Waals surface area contributed by atoms with Crippen molar-refractivity contribution in [3.63, 3.8) is 0 Å². The zero-order chi connectivity index (χ0) is 12.4. The molecule has 0 rings (SSSR count). The number of rotatable bonds is 5. The van der Waals surface area contributed by atoms with Gasteiger partial charge in [-0.1, -0.05) is 67.6 Å². The minimum atomic E-state index is 0.228. The molecule has 88 valence electrons. The van der Waals surface area contributed by atoms with E-state index in [1.165, 1.54) is 0 Å². The standard InChI is InChI=1S/C14H29B/c1-10(2)13(5,6)9-12(15)14(7,8)11(3)4/h10-12H,9H2,1-8H3. The van der Waals surface area contributed by atoms with Crippen LogP contribution in [0.2, 0.25) is 5.82 Å². The molecule has 0 aliphatic rings. The van der Waals surface area contributed by atoms with Gasteiger partial charge in [-0.3, -0.25) is 0 Å². The first kappa shape index (κ1) is 15.1. The van der Waals surface area contributed by atoms with Gasteiger partial charge in [0.1, 0.15) is 0 Å². The lowest BCUT2D eigenvalue weighted by Gasteiger charge is -2.42. The summed E-state index contributed by atoms with van der Waals surface area (Å²) in [6, 6.07) is 0. The van der Waals surface area contributed by atoms with Crippen molar-refractivity contribution in [2.24, 2.45) is 22.7 Å². The van der Waals surface area contributed by atoms with Gasteiger partial charge in [0.2, 0.25) is 0 Å². The lowest BCUT2D eigenvalue weighted by Crippen LogP contribution is -2.31. The molecular formula is C14H29B. The van der Waals surface area contributed by atoms with Gasteiger partial charge in [0.05, 0.1) is 7.85 Å². The Bertz CT molecular complexity index is 190. The van der Waals surface area contributed by atoms with Crippen LogP contribution in [0.1, 0.15) is 61.8 Å². The Morgan fingerprint density at radius 1 is 0.867 bits per heavy atom. The predicted molar refractivity (Wildman–Crippen MR) is 71.4 cm³/mol. The lowest BCUT2D eigenvalue weighted by molar-refractivity contribution is 0.151. The molecule has 0 saturated heterocycles. The van der Waals surface area contributed by atoms with Crippen LogP contribution in [-0.2, 0) is 0 Å². The van der Waals surface area contributed by atoms with Gasteiger partial charge in [-0.15, -0.1) is 0 Å². The summed E-state index contributed by atoms with van der Waals surface area (Å²) in [5, 5.41) is 0. The fourth-order valence-corrected chi connectivity index (χ4v) is 1.49. The topological polar surface area (TPSA) is 0 Å². The molecule has 15 heavy (non-hydrogen) atoms. The summed E-state index contributed by atoms with van der Waals surface area (Å²) in [6.07, 6.45) is 1.11. The average Bonchev–Trinajstić information content (AvgIpc) is 2.02. The Morgan fingerprint density at radius 2 is 1.27 bits per heavy atom. The quantitative estimate of drug-likeness (QED) is 0.574. The molecule has 0 heterocycles. The molecule has 0 aliphatic heterocycles. The molecule has 0 amide bonds. The van der Waals surface area contributed by atoms with Crippen molar-refractivity contribution in [1.82, 2.24) is 0 Å². The van der Waals surface area contributed by atoms with Crippen molar-refractivity contribution < 1.29 is 0 Å². The zero-order valence-corrected chi connectivity index (χ0v) is 12.0. The Hall–Kier alpha value is 0.0649. The second-order valence-corrected chi connectivity index (χ2v) is 6.93. The highest BCUT2D eigenvalue weighted by atomic mass is 14.4. The summed E-state index contributed by atoms with van der Waals surface area (Å²) in [5.41, 5.74) is 0.567. The van der Waals surface area contributed by atoms with E-state index in [0.717, 1.165) is 6.42 Å². The van der Waals surface area contributed by atoms with Crippen molar-refractivity contribution in [2.75, 3.05) is 0 Å². The van der Waals surface area contributed by atoms with Crippen LogP contribution in [0, 0.1) is 22.7 Å². The second kappa shape index (κ2) is 4.93. The van der Waals surface area contributed by atoms with Crippen LogP contribution in [0.4, 0.5) is 0 Å². The van der Waals surface area contributed by atoms with E-state index < -0.39 is 0 Å². The molecule has 0 aromatic rings. The summed E-state index contributed by atoms with van der Waals surface area (Å²) in [7, 11) is 6.38. The second-order valence-electron chi connectivity index (χ2n) is 6.93. The van der Waals surface area contributed by atoms with Gasteiger partial charge in [-0.2, -0.15) is 0 Å². The molecule has 1 atom stereocenters. The number of hydrogen-bond donors (Lipinski definition) is 0. The fourth-order valence-electron chi connectivity index (χ4n) is 1.49. The summed E-state index contributed by atoms with van der Waals surface area (Å²) < 4.78 is 0. The van der Waals surface area contributed by atoms with Crippen LogP contribution in [0.5, 0.6) is 0 Å². The van der Waals surface area contributed by atoms with Crippen LogP contribution in [0.25, 0.3) is 0 Å². The van der Waals surface area contributed by atoms with Gasteiger partial charge in [0, 0.05) is 0 Å². The molecule has 0 spiro atoms. The maximum Gasteiger partial charge on any atom is 0.0707 e. The predicted octanol–water partition coefficient (Wildman–Crippen LogP) is 4.70. The molecule has 0 N–H and O–H groups in total. The molecule has 0 nitrogen and oxygen atoms in total. The summed E-state index contributed by atoms with van der Waals surface area (Å²) >= 11 is 0. The van der Waals surface area contributed by atoms with Crippen LogP contribution >= 0.6 is 0 Å². The molecule has 0 aromatic heterocycles. The van der Waals surface area contributed by atoms with Crippen molar-refractivity contribution >= 4 is 7.85 Å². The van der Waals surface area contributed by atoms with Gasteiger partial charge >= 0.3 is 0 Å². The maximum absolute atomic E-state index is 6.38. The molecular weight excluding hydrogens is 179 g/mol. The third kappa shape index (κ3) is 3.85. The van der Waals surface area contributed by atoms with Crippen LogP contribution in [0.3, 0.4) is 0 Å². The first-order valence-corrected chi connectivity index (χ1v) is 6.27. The Balaban J connectivity index is 4.56. The summed E-state index contributed by atoms with van der Waals surface area (Å²) in [6.45, 7) is 18.3. The summed E-state index contributed by atoms with van der Waals surface area (Å²) in [5.74, 6) is 1.61. The van der Waals surface area contributed by atoms with Crippen LogP contribution < -0.4 is 0 Å². The minimum absolute atomic E-state index is 0.228. The highest BCUT2D eigenvalue weighted by Crippen LogP contribution is 2.45. The van der Waals surface area contributed by atoms with Crippen molar-refractivity contribution in [3.05, 3.63) is 0 Å². The lowest BCUT2D eigenvalue weighted by atomic mass is 9.56. The molecule has 0 fully saturated rings. The van der Waals surface area contributed by atoms with Crippen LogP contribution in [0.15, 0.2) is 0 Å². The van der Waals surface area contributed by atoms with E-state index in [2.05, 4.69) is 55.4 Å². The van der Waals surface area contributed by atoms with E-state index in [0.29, 0.717) is 17.3 Å². The summed E-state index contributed by atoms with van der Waals surface area (Å²) in [4.78, 5) is 0. The third-order valence-electron chi connectivity index (χ3n) is 4.75. The van der Waals surface area contributed by atoms with Gasteiger partial charge < -0.3 is 0 Å². The number of hydrogen-bond acceptors (Lipinski definition) is 0. The van der Waals surface area contributed by atoms with Crippen molar-refractivity contribution in [3.8, 4) is 0 Å². The van der Waals surface area contributed by atoms with Crippen LogP contribution in [-0.4, -0.2) is 7.85 Å². The van der Waals surface area contributed by atoms with Gasteiger partial charge in [0.25, 0.3) is 0 Å². The van der Waals surface area contributed by atoms with E-state index in [-0.39, 0.29) is 11.2 Å². The van der Waals surface area contributed by atoms with E-state index in [1.807, 2.05) is 0 Å². The molecule has 1 unspecified atom stereocenters. The van der Waals surface area contributed by atoms with E-state index >= 15 is 0 Å². The fraction of sp³-hybridized carbons (Fsp3) is 1.00.